The Balaban J connectivity index is 0.00000312. The summed E-state index contributed by atoms with van der Waals surface area (Å²) < 4.78 is 32.0. The lowest BCUT2D eigenvalue weighted by molar-refractivity contribution is -0.0504. The monoisotopic (exact) mass is 529 g/mol. The Morgan fingerprint density at radius 3 is 2.64 bits per heavy atom. The second-order valence-corrected chi connectivity index (χ2v) is 5.77. The quantitative estimate of drug-likeness (QED) is 0.342. The highest BCUT2D eigenvalue weighted by molar-refractivity contribution is 14.0. The lowest BCUT2D eigenvalue weighted by atomic mass is 10.2. The van der Waals surface area contributed by atoms with Gasteiger partial charge in [0.15, 0.2) is 5.96 Å². The van der Waals surface area contributed by atoms with Gasteiger partial charge in [-0.25, -0.2) is 0 Å². The van der Waals surface area contributed by atoms with Crippen molar-refractivity contribution in [3.8, 4) is 5.75 Å². The van der Waals surface area contributed by atoms with E-state index >= 15 is 0 Å². The topological polar surface area (TPSA) is 63.5 Å². The van der Waals surface area contributed by atoms with Crippen LogP contribution in [0.2, 0.25) is 0 Å². The van der Waals surface area contributed by atoms with Crippen LogP contribution in [-0.2, 0) is 20.1 Å². The molecule has 0 radical (unpaired) electrons. The number of alkyl halides is 2. The van der Waals surface area contributed by atoms with Gasteiger partial charge in [0.1, 0.15) is 5.75 Å². The largest absolute Gasteiger partial charge is 0.434 e. The van der Waals surface area contributed by atoms with Gasteiger partial charge in [-0.3, -0.25) is 9.67 Å². The average Bonchev–Trinajstić information content (AvgIpc) is 2.94. The summed E-state index contributed by atoms with van der Waals surface area (Å²) >= 11 is 3.33. The van der Waals surface area contributed by atoms with Gasteiger partial charge >= 0.3 is 6.61 Å². The van der Waals surface area contributed by atoms with Crippen LogP contribution in [0.15, 0.2) is 39.9 Å². The van der Waals surface area contributed by atoms with Gasteiger partial charge in [0.2, 0.25) is 0 Å². The minimum Gasteiger partial charge on any atom is -0.434 e. The van der Waals surface area contributed by atoms with Crippen molar-refractivity contribution in [1.29, 1.82) is 0 Å². The number of rotatable bonds is 6. The number of guanidine groups is 1. The van der Waals surface area contributed by atoms with Crippen LogP contribution in [0.25, 0.3) is 0 Å². The summed E-state index contributed by atoms with van der Waals surface area (Å²) in [6, 6.07) is 6.76. The molecule has 0 aliphatic rings. The van der Waals surface area contributed by atoms with Gasteiger partial charge < -0.3 is 15.4 Å². The number of aryl methyl sites for hydroxylation is 1. The van der Waals surface area contributed by atoms with Crippen molar-refractivity contribution < 1.29 is 13.5 Å². The van der Waals surface area contributed by atoms with Gasteiger partial charge in [-0.1, -0.05) is 15.9 Å². The van der Waals surface area contributed by atoms with Crippen molar-refractivity contribution in [3.05, 3.63) is 46.2 Å². The van der Waals surface area contributed by atoms with E-state index in [0.717, 1.165) is 10.2 Å². The molecule has 0 unspecified atom stereocenters. The Morgan fingerprint density at radius 1 is 1.32 bits per heavy atom. The number of halogens is 4. The number of ether oxygens (including phenoxy) is 1. The van der Waals surface area contributed by atoms with Crippen LogP contribution in [0.1, 0.15) is 11.3 Å². The summed E-state index contributed by atoms with van der Waals surface area (Å²) in [5, 5.41) is 10.3. The van der Waals surface area contributed by atoms with Crippen molar-refractivity contribution in [2.24, 2.45) is 12.0 Å². The van der Waals surface area contributed by atoms with Gasteiger partial charge in [-0.15, -0.1) is 24.0 Å². The lowest BCUT2D eigenvalue weighted by Crippen LogP contribution is -2.36. The summed E-state index contributed by atoms with van der Waals surface area (Å²) in [4.78, 5) is 4.11. The maximum absolute atomic E-state index is 12.5. The Morgan fingerprint density at radius 2 is 2.04 bits per heavy atom. The fourth-order valence-electron chi connectivity index (χ4n) is 2.05. The third-order valence-electron chi connectivity index (χ3n) is 3.27. The molecule has 2 rings (SSSR count). The first-order valence-corrected chi connectivity index (χ1v) is 7.93. The third-order valence-corrected chi connectivity index (χ3v) is 3.76. The highest BCUT2D eigenvalue weighted by Crippen LogP contribution is 2.24. The molecule has 1 heterocycles. The number of benzene rings is 1. The van der Waals surface area contributed by atoms with Crippen LogP contribution in [-0.4, -0.2) is 29.4 Å². The number of hydrogen-bond donors (Lipinski definition) is 2. The van der Waals surface area contributed by atoms with E-state index in [0.29, 0.717) is 18.1 Å². The van der Waals surface area contributed by atoms with Crippen molar-refractivity contribution in [3.63, 3.8) is 0 Å². The first-order chi connectivity index (χ1) is 11.5. The summed E-state index contributed by atoms with van der Waals surface area (Å²) in [5.41, 5.74) is 1.58. The van der Waals surface area contributed by atoms with Crippen LogP contribution >= 0.6 is 39.9 Å². The molecular formula is C15H19BrF2IN5O. The van der Waals surface area contributed by atoms with E-state index in [9.17, 15) is 8.78 Å². The standard InChI is InChI=1S/C15H18BrF2N5O.HI/c1-19-15(21-9-12-5-6-22-23(12)2)20-8-10-7-11(16)3-4-13(10)24-14(17)18;/h3-7,14H,8-9H2,1-2H3,(H2,19,20,21);1H. The summed E-state index contributed by atoms with van der Waals surface area (Å²) in [6.45, 7) is -2.05. The molecule has 1 aromatic carbocycles. The van der Waals surface area contributed by atoms with Crippen LogP contribution < -0.4 is 15.4 Å². The molecule has 2 N–H and O–H groups in total. The maximum Gasteiger partial charge on any atom is 0.387 e. The second kappa shape index (κ2) is 10.5. The molecule has 0 aliphatic heterocycles. The van der Waals surface area contributed by atoms with Crippen molar-refractivity contribution in [2.75, 3.05) is 7.05 Å². The van der Waals surface area contributed by atoms with Gasteiger partial charge in [0.25, 0.3) is 0 Å². The number of nitrogens with one attached hydrogen (secondary N) is 2. The molecule has 25 heavy (non-hydrogen) atoms. The van der Waals surface area contributed by atoms with E-state index in [2.05, 4.69) is 41.4 Å². The minimum atomic E-state index is -2.87. The second-order valence-electron chi connectivity index (χ2n) is 4.86. The zero-order valence-corrected chi connectivity index (χ0v) is 17.6. The molecule has 2 aromatic rings. The van der Waals surface area contributed by atoms with Crippen molar-refractivity contribution in [1.82, 2.24) is 20.4 Å². The number of nitrogens with zero attached hydrogens (tertiary/aromatic N) is 3. The average molecular weight is 530 g/mol. The Labute approximate surface area is 170 Å². The van der Waals surface area contributed by atoms with E-state index < -0.39 is 6.61 Å². The van der Waals surface area contributed by atoms with E-state index in [1.807, 2.05) is 13.1 Å². The first kappa shape index (κ1) is 21.6. The fraction of sp³-hybridized carbons (Fsp3) is 0.333. The molecule has 0 spiro atoms. The lowest BCUT2D eigenvalue weighted by Gasteiger charge is -2.15. The minimum absolute atomic E-state index is 0. The van der Waals surface area contributed by atoms with E-state index in [-0.39, 0.29) is 36.3 Å². The van der Waals surface area contributed by atoms with Gasteiger partial charge in [0, 0.05) is 36.9 Å². The third kappa shape index (κ3) is 6.77. The van der Waals surface area contributed by atoms with E-state index in [1.54, 1.807) is 30.1 Å². The van der Waals surface area contributed by atoms with Crippen LogP contribution in [0.4, 0.5) is 8.78 Å². The molecule has 0 saturated heterocycles. The SMILES string of the molecule is CN=C(NCc1cc(Br)ccc1OC(F)F)NCc1ccnn1C.I. The predicted octanol–water partition coefficient (Wildman–Crippen LogP) is 3.27. The van der Waals surface area contributed by atoms with E-state index in [1.165, 1.54) is 6.07 Å². The molecule has 0 bridgehead atoms. The normalized spacial score (nSPS) is 11.2. The molecule has 6 nitrogen and oxygen atoms in total. The van der Waals surface area contributed by atoms with Gasteiger partial charge in [-0.05, 0) is 24.3 Å². The Kier molecular flexibility index (Phi) is 9.11. The highest BCUT2D eigenvalue weighted by atomic mass is 127. The molecular weight excluding hydrogens is 511 g/mol. The van der Waals surface area contributed by atoms with Gasteiger partial charge in [-0.2, -0.15) is 13.9 Å². The van der Waals surface area contributed by atoms with Crippen molar-refractivity contribution >= 4 is 45.9 Å². The maximum atomic E-state index is 12.5. The predicted molar refractivity (Wildman–Crippen MR) is 106 cm³/mol. The molecule has 0 saturated carbocycles. The molecule has 138 valence electrons. The Bertz CT molecular complexity index is 711. The molecule has 1 aromatic heterocycles. The smallest absolute Gasteiger partial charge is 0.387 e. The summed E-state index contributed by atoms with van der Waals surface area (Å²) in [5.74, 6) is 0.668. The first-order valence-electron chi connectivity index (χ1n) is 7.14. The van der Waals surface area contributed by atoms with E-state index in [4.69, 9.17) is 0 Å². The van der Waals surface area contributed by atoms with Crippen LogP contribution in [0.3, 0.4) is 0 Å². The zero-order chi connectivity index (χ0) is 17.5. The highest BCUT2D eigenvalue weighted by Gasteiger charge is 2.11. The molecule has 0 aliphatic carbocycles. The summed E-state index contributed by atoms with van der Waals surface area (Å²) in [7, 11) is 3.48. The number of aliphatic imine (C=N–C) groups is 1. The van der Waals surface area contributed by atoms with Crippen LogP contribution in [0, 0.1) is 0 Å². The number of hydrogen-bond acceptors (Lipinski definition) is 3. The molecule has 0 fully saturated rings. The fourth-order valence-corrected chi connectivity index (χ4v) is 2.45. The molecule has 10 heteroatoms. The van der Waals surface area contributed by atoms with Crippen molar-refractivity contribution in [2.45, 2.75) is 19.7 Å². The van der Waals surface area contributed by atoms with Crippen LogP contribution in [0.5, 0.6) is 5.75 Å². The molecule has 0 atom stereocenters. The molecule has 0 amide bonds. The zero-order valence-electron chi connectivity index (χ0n) is 13.7. The summed E-state index contributed by atoms with van der Waals surface area (Å²) in [6.07, 6.45) is 1.71. The number of aromatic nitrogens is 2. The Hall–Kier alpha value is -1.43. The van der Waals surface area contributed by atoms with Gasteiger partial charge in [0.05, 0.1) is 12.2 Å².